The van der Waals surface area contributed by atoms with Gasteiger partial charge in [0.1, 0.15) is 16.6 Å². The second-order valence-corrected chi connectivity index (χ2v) is 5.78. The van der Waals surface area contributed by atoms with Crippen molar-refractivity contribution in [2.45, 2.75) is 6.92 Å². The van der Waals surface area contributed by atoms with Crippen LogP contribution < -0.4 is 5.32 Å². The van der Waals surface area contributed by atoms with E-state index in [4.69, 9.17) is 0 Å². The molecule has 0 bridgehead atoms. The Bertz CT molecular complexity index is 859. The molecular weight excluding hydrogens is 318 g/mol. The topological polar surface area (TPSA) is 42.0 Å². The van der Waals surface area contributed by atoms with E-state index >= 15 is 0 Å². The maximum absolute atomic E-state index is 14.2. The first kappa shape index (κ1) is 15.3. The van der Waals surface area contributed by atoms with Crippen LogP contribution in [0.1, 0.15) is 6.92 Å². The lowest BCUT2D eigenvalue weighted by Crippen LogP contribution is -2.05. The van der Waals surface area contributed by atoms with Crippen LogP contribution in [0.25, 0.3) is 21.8 Å². The smallest absolute Gasteiger partial charge is 0.221 e. The number of carbonyl (C=O) groups excluding carboxylic acids is 1. The lowest BCUT2D eigenvalue weighted by atomic mass is 10.1. The molecular formula is C17H12F2N2OS. The van der Waals surface area contributed by atoms with Gasteiger partial charge in [0, 0.05) is 29.1 Å². The zero-order valence-corrected chi connectivity index (χ0v) is 13.0. The van der Waals surface area contributed by atoms with Crippen LogP contribution in [0.15, 0.2) is 47.8 Å². The number of thiazole rings is 1. The zero-order valence-electron chi connectivity index (χ0n) is 12.1. The third kappa shape index (κ3) is 3.43. The van der Waals surface area contributed by atoms with Gasteiger partial charge in [0.05, 0.1) is 5.69 Å². The summed E-state index contributed by atoms with van der Waals surface area (Å²) in [6.45, 7) is 1.36. The van der Waals surface area contributed by atoms with Gasteiger partial charge in [0.2, 0.25) is 5.91 Å². The highest BCUT2D eigenvalue weighted by atomic mass is 32.1. The molecule has 0 fully saturated rings. The lowest BCUT2D eigenvalue weighted by Gasteiger charge is -2.04. The molecule has 0 atom stereocenters. The fourth-order valence-electron chi connectivity index (χ4n) is 2.13. The van der Waals surface area contributed by atoms with Crippen LogP contribution in [0.5, 0.6) is 0 Å². The minimum absolute atomic E-state index is 0.260. The van der Waals surface area contributed by atoms with Crippen molar-refractivity contribution in [3.63, 3.8) is 0 Å². The van der Waals surface area contributed by atoms with E-state index in [1.165, 1.54) is 36.5 Å². The van der Waals surface area contributed by atoms with E-state index < -0.39 is 5.82 Å². The number of benzene rings is 2. The summed E-state index contributed by atoms with van der Waals surface area (Å²) in [4.78, 5) is 15.4. The first-order valence-electron chi connectivity index (χ1n) is 6.82. The molecule has 0 aliphatic carbocycles. The number of hydrogen-bond acceptors (Lipinski definition) is 3. The molecule has 0 radical (unpaired) electrons. The Morgan fingerprint density at radius 2 is 1.87 bits per heavy atom. The number of nitrogens with one attached hydrogen (secondary N) is 1. The molecule has 0 saturated heterocycles. The Labute approximate surface area is 135 Å². The number of anilines is 1. The van der Waals surface area contributed by atoms with Gasteiger partial charge >= 0.3 is 0 Å². The van der Waals surface area contributed by atoms with Gasteiger partial charge in [-0.3, -0.25) is 4.79 Å². The molecule has 6 heteroatoms. The lowest BCUT2D eigenvalue weighted by molar-refractivity contribution is -0.114. The highest BCUT2D eigenvalue weighted by Crippen LogP contribution is 2.31. The van der Waals surface area contributed by atoms with Gasteiger partial charge in [-0.1, -0.05) is 0 Å². The van der Waals surface area contributed by atoms with Gasteiger partial charge in [-0.15, -0.1) is 11.3 Å². The maximum Gasteiger partial charge on any atom is 0.221 e. The third-order valence-corrected chi connectivity index (χ3v) is 4.05. The molecule has 0 saturated carbocycles. The molecule has 3 rings (SSSR count). The van der Waals surface area contributed by atoms with Crippen LogP contribution in [0.3, 0.4) is 0 Å². The summed E-state index contributed by atoms with van der Waals surface area (Å²) in [6.07, 6.45) is 0. The molecule has 3 nitrogen and oxygen atoms in total. The normalized spacial score (nSPS) is 10.6. The van der Waals surface area contributed by atoms with E-state index in [1.807, 2.05) is 0 Å². The highest BCUT2D eigenvalue weighted by Gasteiger charge is 2.12. The number of nitrogens with zero attached hydrogens (tertiary/aromatic N) is 1. The summed E-state index contributed by atoms with van der Waals surface area (Å²) in [6, 6.07) is 10.4. The minimum atomic E-state index is -0.466. The molecule has 0 aliphatic rings. The number of carbonyl (C=O) groups is 1. The van der Waals surface area contributed by atoms with Crippen LogP contribution in [-0.2, 0) is 4.79 Å². The van der Waals surface area contributed by atoms with Crippen LogP contribution in [-0.4, -0.2) is 10.9 Å². The predicted molar refractivity (Wildman–Crippen MR) is 87.2 cm³/mol. The Morgan fingerprint density at radius 3 is 2.52 bits per heavy atom. The van der Waals surface area contributed by atoms with E-state index in [0.717, 1.165) is 5.56 Å². The molecule has 23 heavy (non-hydrogen) atoms. The van der Waals surface area contributed by atoms with Crippen molar-refractivity contribution in [3.05, 3.63) is 59.5 Å². The standard InChI is InChI=1S/C17H12F2N2OS/c1-10(22)20-13-6-7-14(15(19)8-13)16-9-23-17(21-16)11-2-4-12(18)5-3-11/h2-9H,1H3,(H,20,22). The molecule has 1 N–H and O–H groups in total. The van der Waals surface area contributed by atoms with E-state index in [-0.39, 0.29) is 11.7 Å². The van der Waals surface area contributed by atoms with Crippen LogP contribution >= 0.6 is 11.3 Å². The minimum Gasteiger partial charge on any atom is -0.326 e. The Morgan fingerprint density at radius 1 is 1.13 bits per heavy atom. The zero-order chi connectivity index (χ0) is 16.4. The SMILES string of the molecule is CC(=O)Nc1ccc(-c2csc(-c3ccc(F)cc3)n2)c(F)c1. The molecule has 0 aliphatic heterocycles. The van der Waals surface area contributed by atoms with Crippen molar-refractivity contribution >= 4 is 22.9 Å². The van der Waals surface area contributed by atoms with Gasteiger partial charge in [0.25, 0.3) is 0 Å². The monoisotopic (exact) mass is 330 g/mol. The van der Waals surface area contributed by atoms with Crippen LogP contribution in [0, 0.1) is 11.6 Å². The van der Waals surface area contributed by atoms with Crippen molar-refractivity contribution in [2.24, 2.45) is 0 Å². The molecule has 2 aromatic carbocycles. The van der Waals surface area contributed by atoms with E-state index in [2.05, 4.69) is 10.3 Å². The number of rotatable bonds is 3. The van der Waals surface area contributed by atoms with E-state index in [9.17, 15) is 13.6 Å². The number of aromatic nitrogens is 1. The number of hydrogen-bond donors (Lipinski definition) is 1. The fraction of sp³-hybridized carbons (Fsp3) is 0.0588. The highest BCUT2D eigenvalue weighted by molar-refractivity contribution is 7.13. The average Bonchev–Trinajstić information content (AvgIpc) is 2.97. The third-order valence-electron chi connectivity index (χ3n) is 3.16. The van der Waals surface area contributed by atoms with Gasteiger partial charge in [-0.05, 0) is 42.5 Å². The van der Waals surface area contributed by atoms with Crippen molar-refractivity contribution in [1.29, 1.82) is 0 Å². The average molecular weight is 330 g/mol. The van der Waals surface area contributed by atoms with Gasteiger partial charge in [-0.2, -0.15) is 0 Å². The largest absolute Gasteiger partial charge is 0.326 e. The molecule has 1 amide bonds. The van der Waals surface area contributed by atoms with Crippen molar-refractivity contribution < 1.29 is 13.6 Å². The Hall–Kier alpha value is -2.60. The van der Waals surface area contributed by atoms with Crippen LogP contribution in [0.2, 0.25) is 0 Å². The first-order chi connectivity index (χ1) is 11.0. The molecule has 1 heterocycles. The van der Waals surface area contributed by atoms with Gasteiger partial charge in [0.15, 0.2) is 0 Å². The predicted octanol–water partition coefficient (Wildman–Crippen LogP) is 4.71. The van der Waals surface area contributed by atoms with E-state index in [1.54, 1.807) is 29.6 Å². The van der Waals surface area contributed by atoms with Crippen LogP contribution in [0.4, 0.5) is 14.5 Å². The number of halogens is 2. The van der Waals surface area contributed by atoms with Gasteiger partial charge < -0.3 is 5.32 Å². The van der Waals surface area contributed by atoms with Crippen molar-refractivity contribution in [1.82, 2.24) is 4.98 Å². The maximum atomic E-state index is 14.2. The Kier molecular flexibility index (Phi) is 4.16. The fourth-order valence-corrected chi connectivity index (χ4v) is 2.95. The molecule has 3 aromatic rings. The molecule has 116 valence electrons. The summed E-state index contributed by atoms with van der Waals surface area (Å²) in [7, 11) is 0. The summed E-state index contributed by atoms with van der Waals surface area (Å²) in [5.74, 6) is -1.04. The summed E-state index contributed by atoms with van der Waals surface area (Å²) < 4.78 is 27.2. The van der Waals surface area contributed by atoms with Gasteiger partial charge in [-0.25, -0.2) is 13.8 Å². The quantitative estimate of drug-likeness (QED) is 0.755. The Balaban J connectivity index is 1.91. The number of amides is 1. The molecule has 0 spiro atoms. The first-order valence-corrected chi connectivity index (χ1v) is 7.70. The molecule has 0 unspecified atom stereocenters. The van der Waals surface area contributed by atoms with Crippen molar-refractivity contribution in [3.8, 4) is 21.8 Å². The second-order valence-electron chi connectivity index (χ2n) is 4.92. The summed E-state index contributed by atoms with van der Waals surface area (Å²) in [5, 5.41) is 4.96. The summed E-state index contributed by atoms with van der Waals surface area (Å²) >= 11 is 1.36. The van der Waals surface area contributed by atoms with E-state index in [0.29, 0.717) is 22.0 Å². The summed E-state index contributed by atoms with van der Waals surface area (Å²) in [5.41, 5.74) is 2.02. The molecule has 1 aromatic heterocycles. The van der Waals surface area contributed by atoms with Crippen molar-refractivity contribution in [2.75, 3.05) is 5.32 Å². The second kappa shape index (κ2) is 6.26.